The number of benzene rings is 2. The molecule has 0 bridgehead atoms. The van der Waals surface area contributed by atoms with Crippen molar-refractivity contribution in [1.82, 2.24) is 0 Å². The fraction of sp³-hybridized carbons (Fsp3) is 0.316. The van der Waals surface area contributed by atoms with Crippen molar-refractivity contribution in [2.45, 2.75) is 33.1 Å². The number of halogens is 1. The third-order valence-corrected chi connectivity index (χ3v) is 4.73. The molecule has 0 aliphatic rings. The molecule has 0 unspecified atom stereocenters. The summed E-state index contributed by atoms with van der Waals surface area (Å²) in [4.78, 5) is 12.0. The van der Waals surface area contributed by atoms with Gasteiger partial charge < -0.3 is 10.1 Å². The standard InChI is InChI=1S/C19H22BrNO2/c1-13-12-17(23-3)9-7-15(13)5-4-6-19(22)21-16-8-10-18(20)14(2)11-16/h7-12H,4-6H2,1-3H3,(H,21,22). The lowest BCUT2D eigenvalue weighted by molar-refractivity contribution is -0.116. The molecule has 0 aromatic heterocycles. The van der Waals surface area contributed by atoms with Gasteiger partial charge in [-0.1, -0.05) is 22.0 Å². The van der Waals surface area contributed by atoms with Crippen molar-refractivity contribution in [2.75, 3.05) is 12.4 Å². The van der Waals surface area contributed by atoms with E-state index in [9.17, 15) is 4.79 Å². The van der Waals surface area contributed by atoms with Crippen molar-refractivity contribution in [3.8, 4) is 5.75 Å². The summed E-state index contributed by atoms with van der Waals surface area (Å²) in [7, 11) is 1.67. The van der Waals surface area contributed by atoms with E-state index < -0.39 is 0 Å². The molecule has 0 aliphatic carbocycles. The number of nitrogens with one attached hydrogen (secondary N) is 1. The highest BCUT2D eigenvalue weighted by Gasteiger charge is 2.06. The van der Waals surface area contributed by atoms with Crippen LogP contribution in [-0.2, 0) is 11.2 Å². The summed E-state index contributed by atoms with van der Waals surface area (Å²) < 4.78 is 6.26. The van der Waals surface area contributed by atoms with Gasteiger partial charge in [0, 0.05) is 16.6 Å². The summed E-state index contributed by atoms with van der Waals surface area (Å²) in [5.41, 5.74) is 4.42. The van der Waals surface area contributed by atoms with Gasteiger partial charge in [-0.25, -0.2) is 0 Å². The molecule has 0 saturated carbocycles. The van der Waals surface area contributed by atoms with Crippen LogP contribution < -0.4 is 10.1 Å². The van der Waals surface area contributed by atoms with Gasteiger partial charge in [0.1, 0.15) is 5.75 Å². The SMILES string of the molecule is COc1ccc(CCCC(=O)Nc2ccc(Br)c(C)c2)c(C)c1. The van der Waals surface area contributed by atoms with Crippen LogP contribution in [-0.4, -0.2) is 13.0 Å². The van der Waals surface area contributed by atoms with Crippen LogP contribution in [0.5, 0.6) is 5.75 Å². The quantitative estimate of drug-likeness (QED) is 0.768. The first kappa shape index (κ1) is 17.5. The van der Waals surface area contributed by atoms with E-state index in [0.29, 0.717) is 6.42 Å². The molecular formula is C19H22BrNO2. The average molecular weight is 376 g/mol. The second kappa shape index (κ2) is 8.16. The molecule has 1 N–H and O–H groups in total. The number of hydrogen-bond donors (Lipinski definition) is 1. The Morgan fingerprint density at radius 3 is 2.57 bits per heavy atom. The predicted octanol–water partition coefficient (Wildman–Crippen LogP) is 5.04. The summed E-state index contributed by atoms with van der Waals surface area (Å²) in [5.74, 6) is 0.924. The van der Waals surface area contributed by atoms with Crippen molar-refractivity contribution in [3.05, 3.63) is 57.6 Å². The first-order valence-electron chi connectivity index (χ1n) is 7.69. The number of methoxy groups -OCH3 is 1. The number of carbonyl (C=O) groups is 1. The summed E-state index contributed by atoms with van der Waals surface area (Å²) in [6.07, 6.45) is 2.23. The summed E-state index contributed by atoms with van der Waals surface area (Å²) in [6.45, 7) is 4.08. The Balaban J connectivity index is 1.84. The van der Waals surface area contributed by atoms with E-state index in [0.717, 1.165) is 34.3 Å². The molecule has 2 aromatic carbocycles. The van der Waals surface area contributed by atoms with Gasteiger partial charge >= 0.3 is 0 Å². The monoisotopic (exact) mass is 375 g/mol. The Bertz CT molecular complexity index is 698. The summed E-state index contributed by atoms with van der Waals surface area (Å²) in [6, 6.07) is 11.9. The highest BCUT2D eigenvalue weighted by molar-refractivity contribution is 9.10. The summed E-state index contributed by atoms with van der Waals surface area (Å²) >= 11 is 3.46. The molecule has 0 spiro atoms. The van der Waals surface area contributed by atoms with Crippen molar-refractivity contribution in [1.29, 1.82) is 0 Å². The average Bonchev–Trinajstić information content (AvgIpc) is 2.52. The maximum atomic E-state index is 12.0. The fourth-order valence-corrected chi connectivity index (χ4v) is 2.71. The Kier molecular flexibility index (Phi) is 6.22. The van der Waals surface area contributed by atoms with Crippen molar-refractivity contribution < 1.29 is 9.53 Å². The van der Waals surface area contributed by atoms with Crippen LogP contribution in [0.4, 0.5) is 5.69 Å². The molecule has 1 amide bonds. The molecule has 3 nitrogen and oxygen atoms in total. The zero-order valence-corrected chi connectivity index (χ0v) is 15.4. The lowest BCUT2D eigenvalue weighted by Gasteiger charge is -2.09. The van der Waals surface area contributed by atoms with Gasteiger partial charge in [-0.05, 0) is 73.7 Å². The molecule has 0 saturated heterocycles. The largest absolute Gasteiger partial charge is 0.497 e. The van der Waals surface area contributed by atoms with Gasteiger partial charge in [0.05, 0.1) is 7.11 Å². The van der Waals surface area contributed by atoms with Crippen LogP contribution in [0.15, 0.2) is 40.9 Å². The minimum Gasteiger partial charge on any atom is -0.497 e. The van der Waals surface area contributed by atoms with Crippen molar-refractivity contribution in [3.63, 3.8) is 0 Å². The maximum Gasteiger partial charge on any atom is 0.224 e. The van der Waals surface area contributed by atoms with Gasteiger partial charge in [-0.15, -0.1) is 0 Å². The van der Waals surface area contributed by atoms with Gasteiger partial charge in [0.25, 0.3) is 0 Å². The number of aryl methyl sites for hydroxylation is 3. The van der Waals surface area contributed by atoms with Gasteiger partial charge in [-0.3, -0.25) is 4.79 Å². The Morgan fingerprint density at radius 1 is 1.13 bits per heavy atom. The Morgan fingerprint density at radius 2 is 1.91 bits per heavy atom. The second-order valence-electron chi connectivity index (χ2n) is 5.66. The van der Waals surface area contributed by atoms with Crippen molar-refractivity contribution in [2.24, 2.45) is 0 Å². The van der Waals surface area contributed by atoms with Gasteiger partial charge in [0.15, 0.2) is 0 Å². The fourth-order valence-electron chi connectivity index (χ4n) is 2.46. The predicted molar refractivity (Wildman–Crippen MR) is 98.2 cm³/mol. The van der Waals surface area contributed by atoms with E-state index in [1.807, 2.05) is 37.3 Å². The Hall–Kier alpha value is -1.81. The van der Waals surface area contributed by atoms with E-state index in [1.165, 1.54) is 11.1 Å². The number of rotatable bonds is 6. The molecule has 0 aliphatic heterocycles. The molecule has 0 heterocycles. The number of amides is 1. The van der Waals surface area contributed by atoms with E-state index in [1.54, 1.807) is 7.11 Å². The minimum absolute atomic E-state index is 0.0536. The van der Waals surface area contributed by atoms with Crippen LogP contribution >= 0.6 is 15.9 Å². The topological polar surface area (TPSA) is 38.3 Å². The van der Waals surface area contributed by atoms with Crippen molar-refractivity contribution >= 4 is 27.5 Å². The highest BCUT2D eigenvalue weighted by Crippen LogP contribution is 2.21. The highest BCUT2D eigenvalue weighted by atomic mass is 79.9. The molecule has 23 heavy (non-hydrogen) atoms. The Labute approximate surface area is 146 Å². The molecule has 0 atom stereocenters. The maximum absolute atomic E-state index is 12.0. The number of hydrogen-bond acceptors (Lipinski definition) is 2. The minimum atomic E-state index is 0.0536. The number of carbonyl (C=O) groups excluding carboxylic acids is 1. The number of ether oxygens (including phenoxy) is 1. The second-order valence-corrected chi connectivity index (χ2v) is 6.51. The molecule has 2 rings (SSSR count). The van der Waals surface area contributed by atoms with Gasteiger partial charge in [0.2, 0.25) is 5.91 Å². The van der Waals surface area contributed by atoms with E-state index >= 15 is 0 Å². The normalized spacial score (nSPS) is 10.4. The van der Waals surface area contributed by atoms with E-state index in [2.05, 4.69) is 34.2 Å². The third kappa shape index (κ3) is 5.10. The molecular weight excluding hydrogens is 354 g/mol. The third-order valence-electron chi connectivity index (χ3n) is 3.84. The summed E-state index contributed by atoms with van der Waals surface area (Å²) in [5, 5.41) is 2.95. The molecule has 4 heteroatoms. The van der Waals surface area contributed by atoms with E-state index in [4.69, 9.17) is 4.74 Å². The van der Waals surface area contributed by atoms with Crippen LogP contribution in [0.25, 0.3) is 0 Å². The number of anilines is 1. The smallest absolute Gasteiger partial charge is 0.224 e. The lowest BCUT2D eigenvalue weighted by atomic mass is 10.0. The van der Waals surface area contributed by atoms with Crippen LogP contribution in [0.2, 0.25) is 0 Å². The zero-order chi connectivity index (χ0) is 16.8. The molecule has 122 valence electrons. The first-order chi connectivity index (χ1) is 11.0. The van der Waals surface area contributed by atoms with Crippen LogP contribution in [0, 0.1) is 13.8 Å². The lowest BCUT2D eigenvalue weighted by Crippen LogP contribution is -2.11. The van der Waals surface area contributed by atoms with Gasteiger partial charge in [-0.2, -0.15) is 0 Å². The molecule has 0 fully saturated rings. The molecule has 0 radical (unpaired) electrons. The zero-order valence-electron chi connectivity index (χ0n) is 13.8. The van der Waals surface area contributed by atoms with Crippen LogP contribution in [0.3, 0.4) is 0 Å². The van der Waals surface area contributed by atoms with E-state index in [-0.39, 0.29) is 5.91 Å². The molecule has 2 aromatic rings. The van der Waals surface area contributed by atoms with Crippen LogP contribution in [0.1, 0.15) is 29.5 Å². The first-order valence-corrected chi connectivity index (χ1v) is 8.48.